The Labute approximate surface area is 76.5 Å². The van der Waals surface area contributed by atoms with Crippen molar-refractivity contribution in [2.24, 2.45) is 0 Å². The number of hydrogen-bond acceptors (Lipinski definition) is 3. The van der Waals surface area contributed by atoms with Crippen molar-refractivity contribution in [3.05, 3.63) is 34.9 Å². The summed E-state index contributed by atoms with van der Waals surface area (Å²) in [4.78, 5) is 0. The predicted molar refractivity (Wildman–Crippen MR) is 45.7 cm³/mol. The zero-order valence-electron chi connectivity index (χ0n) is 7.28. The third kappa shape index (κ3) is 1.31. The molecule has 0 bridgehead atoms. The van der Waals surface area contributed by atoms with Crippen LogP contribution in [0.4, 0.5) is 0 Å². The number of ether oxygens (including phenoxy) is 2. The molecule has 0 aromatic heterocycles. The number of hydrogen-bond donors (Lipinski definition) is 0. The molecule has 0 radical (unpaired) electrons. The number of rotatable bonds is 1. The first-order valence-corrected chi connectivity index (χ1v) is 4.02. The quantitative estimate of drug-likeness (QED) is 0.652. The molecule has 1 atom stereocenters. The molecule has 0 amide bonds. The lowest BCUT2D eigenvalue weighted by Crippen LogP contribution is -1.97. The highest BCUT2D eigenvalue weighted by Gasteiger charge is 2.22. The van der Waals surface area contributed by atoms with Crippen LogP contribution in [0.2, 0.25) is 0 Å². The average molecular weight is 175 g/mol. The van der Waals surface area contributed by atoms with Crippen LogP contribution in [0.5, 0.6) is 0 Å². The van der Waals surface area contributed by atoms with Crippen LogP contribution in [-0.2, 0) is 16.1 Å². The van der Waals surface area contributed by atoms with E-state index < -0.39 is 0 Å². The number of benzene rings is 1. The van der Waals surface area contributed by atoms with Gasteiger partial charge in [0.1, 0.15) is 0 Å². The predicted octanol–water partition coefficient (Wildman–Crippen LogP) is 1.73. The van der Waals surface area contributed by atoms with E-state index >= 15 is 0 Å². The minimum atomic E-state index is -0.261. The third-order valence-electron chi connectivity index (χ3n) is 2.13. The third-order valence-corrected chi connectivity index (χ3v) is 2.13. The van der Waals surface area contributed by atoms with Gasteiger partial charge in [-0.3, -0.25) is 0 Å². The van der Waals surface area contributed by atoms with Gasteiger partial charge in [0.25, 0.3) is 0 Å². The summed E-state index contributed by atoms with van der Waals surface area (Å²) >= 11 is 0. The monoisotopic (exact) mass is 175 g/mol. The molecule has 0 N–H and O–H groups in total. The summed E-state index contributed by atoms with van der Waals surface area (Å²) in [6.07, 6.45) is -0.261. The summed E-state index contributed by atoms with van der Waals surface area (Å²) in [5.74, 6) is 0. The zero-order valence-corrected chi connectivity index (χ0v) is 7.28. The highest BCUT2D eigenvalue weighted by Crippen LogP contribution is 2.31. The van der Waals surface area contributed by atoms with Crippen LogP contribution in [0.15, 0.2) is 18.2 Å². The van der Waals surface area contributed by atoms with E-state index in [4.69, 9.17) is 14.7 Å². The molecule has 0 saturated heterocycles. The van der Waals surface area contributed by atoms with Crippen LogP contribution < -0.4 is 0 Å². The second kappa shape index (κ2) is 3.17. The summed E-state index contributed by atoms with van der Waals surface area (Å²) < 4.78 is 10.4. The lowest BCUT2D eigenvalue weighted by molar-refractivity contribution is -0.118. The fourth-order valence-corrected chi connectivity index (χ4v) is 1.48. The van der Waals surface area contributed by atoms with Crippen molar-refractivity contribution in [2.45, 2.75) is 12.9 Å². The van der Waals surface area contributed by atoms with Crippen LogP contribution >= 0.6 is 0 Å². The molecule has 1 aliphatic heterocycles. The molecule has 2 rings (SSSR count). The summed E-state index contributed by atoms with van der Waals surface area (Å²) in [6.45, 7) is 0.531. The summed E-state index contributed by atoms with van der Waals surface area (Å²) in [7, 11) is 1.61. The van der Waals surface area contributed by atoms with E-state index in [2.05, 4.69) is 6.07 Å². The van der Waals surface area contributed by atoms with Crippen molar-refractivity contribution < 1.29 is 9.47 Å². The maximum atomic E-state index is 8.67. The molecular formula is C10H9NO2. The van der Waals surface area contributed by atoms with Crippen LogP contribution in [0, 0.1) is 11.3 Å². The number of nitrogens with zero attached hydrogens (tertiary/aromatic N) is 1. The Morgan fingerprint density at radius 2 is 2.46 bits per heavy atom. The molecule has 1 aliphatic rings. The van der Waals surface area contributed by atoms with Gasteiger partial charge in [0.15, 0.2) is 6.29 Å². The fourth-order valence-electron chi connectivity index (χ4n) is 1.48. The topological polar surface area (TPSA) is 42.2 Å². The minimum absolute atomic E-state index is 0.261. The first kappa shape index (κ1) is 8.24. The van der Waals surface area contributed by atoms with E-state index in [0.29, 0.717) is 12.2 Å². The molecule has 0 aliphatic carbocycles. The second-order valence-electron chi connectivity index (χ2n) is 2.90. The van der Waals surface area contributed by atoms with Gasteiger partial charge < -0.3 is 9.47 Å². The molecule has 3 heteroatoms. The standard InChI is InChI=1S/C10H9NO2/c1-12-10-9-3-2-7(5-11)4-8(9)6-13-10/h2-4,10H,6H2,1H3. The van der Waals surface area contributed by atoms with Crippen molar-refractivity contribution in [3.63, 3.8) is 0 Å². The molecular weight excluding hydrogens is 166 g/mol. The summed E-state index contributed by atoms with van der Waals surface area (Å²) in [6, 6.07) is 7.60. The first-order chi connectivity index (χ1) is 6.35. The maximum Gasteiger partial charge on any atom is 0.184 e. The van der Waals surface area contributed by atoms with Crippen molar-refractivity contribution >= 4 is 0 Å². The molecule has 1 heterocycles. The van der Waals surface area contributed by atoms with E-state index in [9.17, 15) is 0 Å². The molecule has 1 aromatic carbocycles. The molecule has 13 heavy (non-hydrogen) atoms. The molecule has 1 aromatic rings. The molecule has 3 nitrogen and oxygen atoms in total. The minimum Gasteiger partial charge on any atom is -0.352 e. The lowest BCUT2D eigenvalue weighted by Gasteiger charge is -2.07. The van der Waals surface area contributed by atoms with Crippen LogP contribution in [0.25, 0.3) is 0 Å². The summed E-state index contributed by atoms with van der Waals surface area (Å²) in [5.41, 5.74) is 2.74. The van der Waals surface area contributed by atoms with Crippen molar-refractivity contribution in [2.75, 3.05) is 7.11 Å². The van der Waals surface area contributed by atoms with Crippen molar-refractivity contribution in [1.29, 1.82) is 5.26 Å². The number of methoxy groups -OCH3 is 1. The van der Waals surface area contributed by atoms with Gasteiger partial charge in [-0.15, -0.1) is 0 Å². The van der Waals surface area contributed by atoms with Gasteiger partial charge in [-0.05, 0) is 17.7 Å². The van der Waals surface area contributed by atoms with Crippen molar-refractivity contribution in [1.82, 2.24) is 0 Å². The van der Waals surface area contributed by atoms with E-state index in [1.165, 1.54) is 0 Å². The van der Waals surface area contributed by atoms with Crippen LogP contribution in [0.1, 0.15) is 23.0 Å². The highest BCUT2D eigenvalue weighted by atomic mass is 16.7. The molecule has 0 saturated carbocycles. The zero-order chi connectivity index (χ0) is 9.26. The van der Waals surface area contributed by atoms with Gasteiger partial charge in [-0.25, -0.2) is 0 Å². The Hall–Kier alpha value is -1.37. The number of fused-ring (bicyclic) bond motifs is 1. The van der Waals surface area contributed by atoms with E-state index in [-0.39, 0.29) is 6.29 Å². The molecule has 66 valence electrons. The highest BCUT2D eigenvalue weighted by molar-refractivity contribution is 5.39. The van der Waals surface area contributed by atoms with Gasteiger partial charge in [0.2, 0.25) is 0 Å². The fraction of sp³-hybridized carbons (Fsp3) is 0.300. The lowest BCUT2D eigenvalue weighted by atomic mass is 10.1. The molecule has 0 fully saturated rings. The summed E-state index contributed by atoms with van der Waals surface area (Å²) in [5, 5.41) is 8.67. The second-order valence-corrected chi connectivity index (χ2v) is 2.90. The molecule has 0 spiro atoms. The normalized spacial score (nSPS) is 19.5. The molecule has 1 unspecified atom stereocenters. The van der Waals surface area contributed by atoms with E-state index in [1.807, 2.05) is 12.1 Å². The van der Waals surface area contributed by atoms with Gasteiger partial charge >= 0.3 is 0 Å². The Bertz CT molecular complexity index is 368. The smallest absolute Gasteiger partial charge is 0.184 e. The maximum absolute atomic E-state index is 8.67. The Balaban J connectivity index is 2.41. The van der Waals surface area contributed by atoms with Crippen LogP contribution in [0.3, 0.4) is 0 Å². The average Bonchev–Trinajstić information content (AvgIpc) is 2.59. The Morgan fingerprint density at radius 3 is 3.15 bits per heavy atom. The van der Waals surface area contributed by atoms with Crippen LogP contribution in [-0.4, -0.2) is 7.11 Å². The SMILES string of the molecule is COC1OCc2cc(C#N)ccc21. The van der Waals surface area contributed by atoms with Gasteiger partial charge in [0, 0.05) is 12.7 Å². The van der Waals surface area contributed by atoms with E-state index in [0.717, 1.165) is 11.1 Å². The van der Waals surface area contributed by atoms with E-state index in [1.54, 1.807) is 13.2 Å². The number of nitriles is 1. The van der Waals surface area contributed by atoms with Crippen molar-refractivity contribution in [3.8, 4) is 6.07 Å². The van der Waals surface area contributed by atoms with Gasteiger partial charge in [0.05, 0.1) is 18.2 Å². The first-order valence-electron chi connectivity index (χ1n) is 4.02. The Kier molecular flexibility index (Phi) is 2.01. The van der Waals surface area contributed by atoms with Gasteiger partial charge in [-0.1, -0.05) is 6.07 Å². The Morgan fingerprint density at radius 1 is 1.62 bits per heavy atom. The largest absolute Gasteiger partial charge is 0.352 e. The van der Waals surface area contributed by atoms with Gasteiger partial charge in [-0.2, -0.15) is 5.26 Å².